The highest BCUT2D eigenvalue weighted by Gasteiger charge is 2.33. The second kappa shape index (κ2) is 5.51. The van der Waals surface area contributed by atoms with Gasteiger partial charge in [0.1, 0.15) is 5.69 Å². The second-order valence-electron chi connectivity index (χ2n) is 4.71. The van der Waals surface area contributed by atoms with Gasteiger partial charge in [0.05, 0.1) is 17.1 Å². The Morgan fingerprint density at radius 2 is 2.19 bits per heavy atom. The van der Waals surface area contributed by atoms with Crippen molar-refractivity contribution < 1.29 is 22.8 Å². The minimum Gasteiger partial charge on any atom is -0.350 e. The molecule has 5 nitrogen and oxygen atoms in total. The summed E-state index contributed by atoms with van der Waals surface area (Å²) in [5.41, 5.74) is -1.33. The Labute approximate surface area is 123 Å². The van der Waals surface area contributed by atoms with Gasteiger partial charge < -0.3 is 10.2 Å². The lowest BCUT2D eigenvalue weighted by atomic mass is 10.2. The van der Waals surface area contributed by atoms with E-state index in [2.05, 4.69) is 10.3 Å². The van der Waals surface area contributed by atoms with Gasteiger partial charge in [-0.15, -0.1) is 0 Å². The van der Waals surface area contributed by atoms with Crippen LogP contribution in [0.2, 0.25) is 5.02 Å². The van der Waals surface area contributed by atoms with Crippen LogP contribution in [0.1, 0.15) is 23.0 Å². The van der Waals surface area contributed by atoms with E-state index in [1.165, 1.54) is 4.90 Å². The van der Waals surface area contributed by atoms with Crippen LogP contribution in [-0.4, -0.2) is 40.8 Å². The van der Waals surface area contributed by atoms with Crippen molar-refractivity contribution in [3.8, 4) is 0 Å². The first kappa shape index (κ1) is 15.6. The molecule has 2 rings (SSSR count). The Hall–Kier alpha value is -1.83. The van der Waals surface area contributed by atoms with E-state index in [9.17, 15) is 22.8 Å². The van der Waals surface area contributed by atoms with Crippen LogP contribution in [0, 0.1) is 0 Å². The third-order valence-corrected chi connectivity index (χ3v) is 3.18. The molecular formula is C12H11ClF3N3O2. The maximum Gasteiger partial charge on any atom is 0.417 e. The third-order valence-electron chi connectivity index (χ3n) is 2.89. The highest BCUT2D eigenvalue weighted by atomic mass is 35.5. The van der Waals surface area contributed by atoms with E-state index in [1.807, 2.05) is 0 Å². The molecule has 0 aromatic carbocycles. The zero-order valence-corrected chi connectivity index (χ0v) is 11.6. The summed E-state index contributed by atoms with van der Waals surface area (Å²) in [5.74, 6) is -1.01. The number of amides is 2. The first-order chi connectivity index (χ1) is 9.68. The molecule has 1 aliphatic heterocycles. The van der Waals surface area contributed by atoms with Crippen molar-refractivity contribution >= 4 is 23.4 Å². The lowest BCUT2D eigenvalue weighted by Crippen LogP contribution is -2.54. The van der Waals surface area contributed by atoms with Gasteiger partial charge in [-0.05, 0) is 13.0 Å². The molecule has 1 N–H and O–H groups in total. The Morgan fingerprint density at radius 3 is 2.71 bits per heavy atom. The summed E-state index contributed by atoms with van der Waals surface area (Å²) in [4.78, 5) is 28.3. The summed E-state index contributed by atoms with van der Waals surface area (Å²) < 4.78 is 37.5. The first-order valence-electron chi connectivity index (χ1n) is 6.00. The number of carbonyl (C=O) groups excluding carboxylic acids is 2. The van der Waals surface area contributed by atoms with Gasteiger partial charge in [0.25, 0.3) is 5.91 Å². The van der Waals surface area contributed by atoms with Crippen LogP contribution in [0.3, 0.4) is 0 Å². The molecule has 1 atom stereocenters. The number of pyridine rings is 1. The topological polar surface area (TPSA) is 62.3 Å². The number of rotatable bonds is 1. The average Bonchev–Trinajstić information content (AvgIpc) is 2.35. The van der Waals surface area contributed by atoms with Gasteiger partial charge in [0.2, 0.25) is 5.91 Å². The standard InChI is InChI=1S/C12H11ClF3N3O2/c1-6-4-19(5-9(20)18-6)11(21)10-8(13)2-7(3-17-10)12(14,15)16/h2-3,6H,4-5H2,1H3,(H,18,20). The van der Waals surface area contributed by atoms with Crippen LogP contribution < -0.4 is 5.32 Å². The molecule has 9 heteroatoms. The zero-order chi connectivity index (χ0) is 15.8. The van der Waals surface area contributed by atoms with E-state index in [0.717, 1.165) is 0 Å². The largest absolute Gasteiger partial charge is 0.417 e. The smallest absolute Gasteiger partial charge is 0.350 e. The van der Waals surface area contributed by atoms with Gasteiger partial charge in [-0.25, -0.2) is 4.98 Å². The number of aromatic nitrogens is 1. The van der Waals surface area contributed by atoms with Crippen molar-refractivity contribution in [3.63, 3.8) is 0 Å². The number of carbonyl (C=O) groups is 2. The Morgan fingerprint density at radius 1 is 1.52 bits per heavy atom. The molecule has 1 unspecified atom stereocenters. The van der Waals surface area contributed by atoms with Crippen molar-refractivity contribution in [1.82, 2.24) is 15.2 Å². The van der Waals surface area contributed by atoms with Crippen LogP contribution >= 0.6 is 11.6 Å². The molecule has 114 valence electrons. The normalized spacial score (nSPS) is 19.4. The molecule has 1 fully saturated rings. The summed E-state index contributed by atoms with van der Waals surface area (Å²) in [6.07, 6.45) is -4.04. The lowest BCUT2D eigenvalue weighted by molar-refractivity contribution is -0.137. The number of nitrogens with one attached hydrogen (secondary N) is 1. The number of hydrogen-bond acceptors (Lipinski definition) is 3. The van der Waals surface area contributed by atoms with Gasteiger partial charge in [-0.1, -0.05) is 11.6 Å². The minimum absolute atomic E-state index is 0.178. The predicted molar refractivity (Wildman–Crippen MR) is 67.8 cm³/mol. The number of hydrogen-bond donors (Lipinski definition) is 1. The predicted octanol–water partition coefficient (Wildman–Crippen LogP) is 1.71. The van der Waals surface area contributed by atoms with E-state index < -0.39 is 22.7 Å². The molecule has 0 spiro atoms. The summed E-state index contributed by atoms with van der Waals surface area (Å²) >= 11 is 5.71. The van der Waals surface area contributed by atoms with Crippen LogP contribution in [0.25, 0.3) is 0 Å². The quantitative estimate of drug-likeness (QED) is 0.856. The molecule has 2 heterocycles. The lowest BCUT2D eigenvalue weighted by Gasteiger charge is -2.31. The summed E-state index contributed by atoms with van der Waals surface area (Å²) in [6.45, 7) is 1.77. The minimum atomic E-state index is -4.59. The highest BCUT2D eigenvalue weighted by Crippen LogP contribution is 2.31. The summed E-state index contributed by atoms with van der Waals surface area (Å²) in [6, 6.07) is 0.401. The first-order valence-corrected chi connectivity index (χ1v) is 6.37. The van der Waals surface area contributed by atoms with Crippen LogP contribution in [0.5, 0.6) is 0 Å². The number of piperazine rings is 1. The van der Waals surface area contributed by atoms with Crippen molar-refractivity contribution in [2.75, 3.05) is 13.1 Å². The fourth-order valence-corrected chi connectivity index (χ4v) is 2.24. The number of halogens is 4. The Balaban J connectivity index is 2.25. The second-order valence-corrected chi connectivity index (χ2v) is 5.11. The van der Waals surface area contributed by atoms with Gasteiger partial charge in [-0.3, -0.25) is 9.59 Å². The number of alkyl halides is 3. The van der Waals surface area contributed by atoms with Gasteiger partial charge >= 0.3 is 6.18 Å². The molecule has 0 radical (unpaired) electrons. The van der Waals surface area contributed by atoms with Crippen LogP contribution in [0.4, 0.5) is 13.2 Å². The molecule has 0 saturated carbocycles. The van der Waals surface area contributed by atoms with Crippen LogP contribution in [0.15, 0.2) is 12.3 Å². The molecule has 0 bridgehead atoms. The van der Waals surface area contributed by atoms with Gasteiger partial charge in [-0.2, -0.15) is 13.2 Å². The summed E-state index contributed by atoms with van der Waals surface area (Å²) in [7, 11) is 0. The molecule has 2 amide bonds. The van der Waals surface area contributed by atoms with Crippen molar-refractivity contribution in [3.05, 3.63) is 28.5 Å². The molecule has 21 heavy (non-hydrogen) atoms. The van der Waals surface area contributed by atoms with E-state index >= 15 is 0 Å². The molecule has 0 aliphatic carbocycles. The average molecular weight is 322 g/mol. The Kier molecular flexibility index (Phi) is 4.08. The molecular weight excluding hydrogens is 311 g/mol. The summed E-state index contributed by atoms with van der Waals surface area (Å²) in [5, 5.41) is 2.23. The van der Waals surface area contributed by atoms with Crippen LogP contribution in [-0.2, 0) is 11.0 Å². The van der Waals surface area contributed by atoms with Crippen molar-refractivity contribution in [2.24, 2.45) is 0 Å². The third kappa shape index (κ3) is 3.44. The Bertz CT molecular complexity index is 592. The maximum atomic E-state index is 12.5. The molecule has 1 aromatic rings. The van der Waals surface area contributed by atoms with E-state index in [-0.39, 0.29) is 30.7 Å². The maximum absolute atomic E-state index is 12.5. The molecule has 1 aliphatic rings. The zero-order valence-electron chi connectivity index (χ0n) is 10.9. The fraction of sp³-hybridized carbons (Fsp3) is 0.417. The SMILES string of the molecule is CC1CN(C(=O)c2ncc(C(F)(F)F)cc2Cl)CC(=O)N1. The van der Waals surface area contributed by atoms with E-state index in [1.54, 1.807) is 6.92 Å². The van der Waals surface area contributed by atoms with Gasteiger partial charge in [0.15, 0.2) is 0 Å². The highest BCUT2D eigenvalue weighted by molar-refractivity contribution is 6.33. The monoisotopic (exact) mass is 321 g/mol. The number of nitrogens with zero attached hydrogens (tertiary/aromatic N) is 2. The molecule has 1 saturated heterocycles. The van der Waals surface area contributed by atoms with E-state index in [4.69, 9.17) is 11.6 Å². The molecule has 1 aromatic heterocycles. The van der Waals surface area contributed by atoms with Crippen molar-refractivity contribution in [1.29, 1.82) is 0 Å². The van der Waals surface area contributed by atoms with Crippen molar-refractivity contribution in [2.45, 2.75) is 19.1 Å². The van der Waals surface area contributed by atoms with Gasteiger partial charge in [0, 0.05) is 18.8 Å². The fourth-order valence-electron chi connectivity index (χ4n) is 1.99. The van der Waals surface area contributed by atoms with E-state index in [0.29, 0.717) is 12.3 Å².